The first-order valence-electron chi connectivity index (χ1n) is 6.39. The van der Waals surface area contributed by atoms with Gasteiger partial charge in [0.2, 0.25) is 5.78 Å². The molecule has 2 rings (SSSR count). The van der Waals surface area contributed by atoms with E-state index in [1.54, 1.807) is 25.0 Å². The number of nitrogens with zero attached hydrogens (tertiary/aromatic N) is 2. The van der Waals surface area contributed by atoms with Crippen LogP contribution in [0.3, 0.4) is 0 Å². The molecule has 0 bridgehead atoms. The van der Waals surface area contributed by atoms with E-state index in [4.69, 9.17) is 4.74 Å². The third-order valence-electron chi connectivity index (χ3n) is 3.72. The Balaban J connectivity index is 2.19. The maximum atomic E-state index is 12.6. The van der Waals surface area contributed by atoms with Crippen LogP contribution in [-0.2, 0) is 11.8 Å². The minimum atomic E-state index is -0.336. The molecule has 1 heterocycles. The van der Waals surface area contributed by atoms with Crippen molar-refractivity contribution in [3.8, 4) is 0 Å². The molecule has 5 heteroatoms. The first-order valence-corrected chi connectivity index (χ1v) is 7.19. The van der Waals surface area contributed by atoms with Gasteiger partial charge >= 0.3 is 0 Å². The molecule has 1 aliphatic rings. The van der Waals surface area contributed by atoms with Gasteiger partial charge in [-0.1, -0.05) is 19.3 Å². The molecule has 18 heavy (non-hydrogen) atoms. The van der Waals surface area contributed by atoms with E-state index in [1.165, 1.54) is 19.3 Å². The zero-order valence-corrected chi connectivity index (χ0v) is 12.4. The van der Waals surface area contributed by atoms with Gasteiger partial charge in [0.1, 0.15) is 11.8 Å². The molecule has 0 aliphatic heterocycles. The zero-order valence-electron chi connectivity index (χ0n) is 10.9. The van der Waals surface area contributed by atoms with Crippen LogP contribution in [0.15, 0.2) is 10.7 Å². The van der Waals surface area contributed by atoms with Gasteiger partial charge < -0.3 is 4.74 Å². The number of carbonyl (C=O) groups excluding carboxylic acids is 1. The Kier molecular flexibility index (Phi) is 4.56. The molecule has 0 aromatic carbocycles. The predicted octanol–water partition coefficient (Wildman–Crippen LogP) is 2.96. The fourth-order valence-electron chi connectivity index (χ4n) is 2.77. The molecule has 0 radical (unpaired) electrons. The summed E-state index contributed by atoms with van der Waals surface area (Å²) in [7, 11) is 3.41. The SMILES string of the molecule is COC(C(=O)c1c(Br)cnn1C)C1CCCCC1. The van der Waals surface area contributed by atoms with Crippen LogP contribution in [0.1, 0.15) is 42.6 Å². The molecule has 1 aliphatic carbocycles. The summed E-state index contributed by atoms with van der Waals surface area (Å²) < 4.78 is 7.83. The molecule has 1 atom stereocenters. The summed E-state index contributed by atoms with van der Waals surface area (Å²) in [6, 6.07) is 0. The highest BCUT2D eigenvalue weighted by molar-refractivity contribution is 9.10. The van der Waals surface area contributed by atoms with Crippen molar-refractivity contribution in [2.45, 2.75) is 38.2 Å². The van der Waals surface area contributed by atoms with E-state index in [0.29, 0.717) is 11.6 Å². The number of methoxy groups -OCH3 is 1. The summed E-state index contributed by atoms with van der Waals surface area (Å²) in [6.45, 7) is 0. The van der Waals surface area contributed by atoms with Gasteiger partial charge in [-0.05, 0) is 34.7 Å². The van der Waals surface area contributed by atoms with Crippen molar-refractivity contribution in [3.05, 3.63) is 16.4 Å². The van der Waals surface area contributed by atoms with Crippen LogP contribution in [0.25, 0.3) is 0 Å². The fraction of sp³-hybridized carbons (Fsp3) is 0.692. The van der Waals surface area contributed by atoms with Crippen molar-refractivity contribution in [1.82, 2.24) is 9.78 Å². The quantitative estimate of drug-likeness (QED) is 0.803. The molecular weight excluding hydrogens is 296 g/mol. The van der Waals surface area contributed by atoms with Gasteiger partial charge in [0, 0.05) is 14.2 Å². The van der Waals surface area contributed by atoms with E-state index in [0.717, 1.165) is 17.3 Å². The van der Waals surface area contributed by atoms with Gasteiger partial charge in [0.05, 0.1) is 10.7 Å². The lowest BCUT2D eigenvalue weighted by atomic mass is 9.83. The number of hydrogen-bond acceptors (Lipinski definition) is 3. The van der Waals surface area contributed by atoms with Crippen LogP contribution in [0, 0.1) is 5.92 Å². The Morgan fingerprint density at radius 1 is 1.50 bits per heavy atom. The van der Waals surface area contributed by atoms with E-state index in [1.807, 2.05) is 0 Å². The Morgan fingerprint density at radius 3 is 2.67 bits per heavy atom. The molecule has 0 saturated heterocycles. The van der Waals surface area contributed by atoms with Crippen LogP contribution < -0.4 is 0 Å². The molecule has 0 amide bonds. The second-order valence-corrected chi connectivity index (χ2v) is 5.74. The molecule has 4 nitrogen and oxygen atoms in total. The maximum Gasteiger partial charge on any atom is 0.210 e. The third kappa shape index (κ3) is 2.67. The second-order valence-electron chi connectivity index (χ2n) is 4.88. The van der Waals surface area contributed by atoms with Crippen molar-refractivity contribution in [1.29, 1.82) is 0 Å². The van der Waals surface area contributed by atoms with E-state index in [9.17, 15) is 4.79 Å². The minimum absolute atomic E-state index is 0.0382. The largest absolute Gasteiger partial charge is 0.373 e. The van der Waals surface area contributed by atoms with Crippen LogP contribution in [0.5, 0.6) is 0 Å². The Labute approximate surface area is 116 Å². The van der Waals surface area contributed by atoms with E-state index in [2.05, 4.69) is 21.0 Å². The van der Waals surface area contributed by atoms with Gasteiger partial charge in [-0.3, -0.25) is 9.48 Å². The summed E-state index contributed by atoms with van der Waals surface area (Å²) in [5.74, 6) is 0.384. The average molecular weight is 315 g/mol. The monoisotopic (exact) mass is 314 g/mol. The smallest absolute Gasteiger partial charge is 0.210 e. The molecule has 0 spiro atoms. The van der Waals surface area contributed by atoms with E-state index < -0.39 is 0 Å². The summed E-state index contributed by atoms with van der Waals surface area (Å²) in [5.41, 5.74) is 0.604. The first-order chi connectivity index (χ1) is 8.65. The molecule has 100 valence electrons. The van der Waals surface area contributed by atoms with Crippen molar-refractivity contribution >= 4 is 21.7 Å². The van der Waals surface area contributed by atoms with Crippen molar-refractivity contribution in [2.24, 2.45) is 13.0 Å². The van der Waals surface area contributed by atoms with Gasteiger partial charge in [0.15, 0.2) is 0 Å². The fourth-order valence-corrected chi connectivity index (χ4v) is 3.32. The summed E-state index contributed by atoms with van der Waals surface area (Å²) in [4.78, 5) is 12.6. The standard InChI is InChI=1S/C13H19BrN2O2/c1-16-11(10(14)8-15-16)12(17)13(18-2)9-6-4-3-5-7-9/h8-9,13H,3-7H2,1-2H3. The molecule has 1 saturated carbocycles. The maximum absolute atomic E-state index is 12.6. The van der Waals surface area contributed by atoms with Crippen molar-refractivity contribution < 1.29 is 9.53 Å². The number of aromatic nitrogens is 2. The predicted molar refractivity (Wildman–Crippen MR) is 72.6 cm³/mol. The topological polar surface area (TPSA) is 44.1 Å². The highest BCUT2D eigenvalue weighted by atomic mass is 79.9. The minimum Gasteiger partial charge on any atom is -0.373 e. The normalized spacial score (nSPS) is 18.8. The van der Waals surface area contributed by atoms with Crippen LogP contribution in [-0.4, -0.2) is 28.8 Å². The number of Topliss-reactive ketones (excluding diaryl/α,β-unsaturated/α-hetero) is 1. The number of rotatable bonds is 4. The lowest BCUT2D eigenvalue weighted by Gasteiger charge is -2.28. The van der Waals surface area contributed by atoms with Crippen LogP contribution >= 0.6 is 15.9 Å². The molecule has 0 N–H and O–H groups in total. The molecule has 1 fully saturated rings. The first kappa shape index (κ1) is 13.7. The number of hydrogen-bond donors (Lipinski definition) is 0. The Bertz CT molecular complexity index is 405. The van der Waals surface area contributed by atoms with Gasteiger partial charge in [-0.25, -0.2) is 0 Å². The lowest BCUT2D eigenvalue weighted by molar-refractivity contribution is 0.0305. The number of aryl methyl sites for hydroxylation is 1. The Morgan fingerprint density at radius 2 is 2.17 bits per heavy atom. The number of carbonyl (C=O) groups is 1. The second kappa shape index (κ2) is 5.97. The van der Waals surface area contributed by atoms with Crippen molar-refractivity contribution in [2.75, 3.05) is 7.11 Å². The van der Waals surface area contributed by atoms with Gasteiger partial charge in [-0.15, -0.1) is 0 Å². The highest BCUT2D eigenvalue weighted by Gasteiger charge is 2.32. The third-order valence-corrected chi connectivity index (χ3v) is 4.30. The summed E-state index contributed by atoms with van der Waals surface area (Å²) in [6.07, 6.45) is 7.16. The van der Waals surface area contributed by atoms with Crippen LogP contribution in [0.4, 0.5) is 0 Å². The lowest BCUT2D eigenvalue weighted by Crippen LogP contribution is -2.34. The van der Waals surface area contributed by atoms with Gasteiger partial charge in [-0.2, -0.15) is 5.10 Å². The van der Waals surface area contributed by atoms with Crippen LogP contribution in [0.2, 0.25) is 0 Å². The molecule has 1 unspecified atom stereocenters. The number of halogens is 1. The molecule has 1 aromatic rings. The van der Waals surface area contributed by atoms with E-state index >= 15 is 0 Å². The summed E-state index contributed by atoms with van der Waals surface area (Å²) in [5, 5.41) is 4.09. The van der Waals surface area contributed by atoms with Crippen molar-refractivity contribution in [3.63, 3.8) is 0 Å². The Hall–Kier alpha value is -0.680. The number of ether oxygens (including phenoxy) is 1. The summed E-state index contributed by atoms with van der Waals surface area (Å²) >= 11 is 3.38. The van der Waals surface area contributed by atoms with E-state index in [-0.39, 0.29) is 11.9 Å². The molecule has 1 aromatic heterocycles. The molecular formula is C13H19BrN2O2. The number of ketones is 1. The average Bonchev–Trinajstić information content (AvgIpc) is 2.71. The highest BCUT2D eigenvalue weighted by Crippen LogP contribution is 2.30. The van der Waals surface area contributed by atoms with Gasteiger partial charge in [0.25, 0.3) is 0 Å². The zero-order chi connectivity index (χ0) is 13.1.